The number of pyridine rings is 2. The lowest BCUT2D eigenvalue weighted by Crippen LogP contribution is -2.60. The molecule has 4 N–H and O–H groups in total. The van der Waals surface area contributed by atoms with Gasteiger partial charge >= 0.3 is 5.69 Å². The van der Waals surface area contributed by atoms with Gasteiger partial charge in [0.05, 0.1) is 47.9 Å². The van der Waals surface area contributed by atoms with Gasteiger partial charge in [-0.2, -0.15) is 4.98 Å². The maximum absolute atomic E-state index is 14.9. The zero-order valence-corrected chi connectivity index (χ0v) is 45.5. The Bertz CT molecular complexity index is 3330. The minimum Gasteiger partial charge on any atom is -0.497 e. The highest BCUT2D eigenvalue weighted by Crippen LogP contribution is 2.58. The van der Waals surface area contributed by atoms with Crippen molar-refractivity contribution in [3.05, 3.63) is 129 Å². The van der Waals surface area contributed by atoms with E-state index in [2.05, 4.69) is 89.9 Å². The van der Waals surface area contributed by atoms with Crippen LogP contribution >= 0.6 is 0 Å². The number of H-pyrrole nitrogens is 1. The Morgan fingerprint density at radius 1 is 0.974 bits per heavy atom. The van der Waals surface area contributed by atoms with Crippen LogP contribution in [0.5, 0.6) is 23.1 Å². The van der Waals surface area contributed by atoms with E-state index in [0.29, 0.717) is 62.3 Å². The number of piperidine rings is 1. The van der Waals surface area contributed by atoms with Gasteiger partial charge in [0, 0.05) is 80.9 Å². The number of piperazine rings is 1. The molecule has 2 bridgehead atoms. The monoisotopic (exact) mass is 1090 g/mol. The molecule has 6 heterocycles. The van der Waals surface area contributed by atoms with Crippen molar-refractivity contribution in [2.75, 3.05) is 50.6 Å². The van der Waals surface area contributed by atoms with E-state index in [0.717, 1.165) is 88.2 Å². The molecule has 20 heteroatoms. The Morgan fingerprint density at radius 3 is 2.42 bits per heavy atom. The molecule has 3 atom stereocenters. The highest BCUT2D eigenvalue weighted by molar-refractivity contribution is 7.90. The van der Waals surface area contributed by atoms with Crippen LogP contribution in [-0.4, -0.2) is 113 Å². The normalized spacial score (nSPS) is 23.4. The predicted molar refractivity (Wildman–Crippen MR) is 293 cm³/mol. The lowest BCUT2D eigenvalue weighted by Gasteiger charge is -2.58. The molecule has 0 radical (unpaired) electrons. The van der Waals surface area contributed by atoms with E-state index in [9.17, 15) is 32.8 Å². The molecule has 2 saturated carbocycles. The van der Waals surface area contributed by atoms with Crippen LogP contribution in [0.4, 0.5) is 21.6 Å². The van der Waals surface area contributed by atoms with Crippen LogP contribution in [0.1, 0.15) is 118 Å². The van der Waals surface area contributed by atoms with E-state index in [-0.39, 0.29) is 51.1 Å². The fourth-order valence-electron chi connectivity index (χ4n) is 13.2. The number of anilines is 2. The molecule has 18 nitrogen and oxygen atoms in total. The molecule has 3 aliphatic heterocycles. The maximum atomic E-state index is 14.9. The molecule has 3 aromatic carbocycles. The molecule has 5 fully saturated rings. The molecule has 2 aliphatic carbocycles. The largest absolute Gasteiger partial charge is 0.497 e. The Labute approximate surface area is 453 Å². The second-order valence-electron chi connectivity index (χ2n) is 22.8. The summed E-state index contributed by atoms with van der Waals surface area (Å²) in [5.41, 5.74) is 3.75. The average molecular weight is 1090 g/mol. The number of nitro groups is 1. The van der Waals surface area contributed by atoms with Crippen LogP contribution in [-0.2, 0) is 16.6 Å². The summed E-state index contributed by atoms with van der Waals surface area (Å²) >= 11 is 0. The van der Waals surface area contributed by atoms with Gasteiger partial charge in [-0.3, -0.25) is 24.7 Å². The van der Waals surface area contributed by atoms with Crippen molar-refractivity contribution in [3.8, 4) is 23.1 Å². The standard InChI is InChI=1S/C58H68FN9O9S/c1-35(2)43-8-6-7-9-44(43)52-48-24-39(34-66(48)33-37-10-13-41(75-4)14-11-37)67(52)40-28-58(29-40)20-22-65(23-21-58)38-12-15-45(50(25-38)77-51-27-46-47(59)32-62-53(46)63-56(51)76-5)55(69)64-78(73,74)42-26-49(68(71)72)54(61-31-42)60-30-36-16-18-57(3,70)19-17-36/h6-15,25-27,31-32,35-36,39-40,48,52,70H,16-24,28-30,33-34H2,1-5H3,(H,60,61)(H,62,63)(H,64,69)/t36?,39-,48-,52-,57?/m1/s1. The molecular weight excluding hydrogens is 1020 g/mol. The molecule has 3 aromatic heterocycles. The van der Waals surface area contributed by atoms with Gasteiger partial charge < -0.3 is 34.5 Å². The molecule has 5 aliphatic rings. The quantitative estimate of drug-likeness (QED) is 0.0494. The smallest absolute Gasteiger partial charge is 0.312 e. The van der Waals surface area contributed by atoms with Gasteiger partial charge in [0.15, 0.2) is 5.75 Å². The lowest BCUT2D eigenvalue weighted by atomic mass is 9.59. The number of carbonyl (C=O) groups is 1. The van der Waals surface area contributed by atoms with Gasteiger partial charge in [0.25, 0.3) is 21.8 Å². The van der Waals surface area contributed by atoms with E-state index in [1.807, 2.05) is 12.1 Å². The molecular formula is C58H68FN9O9S. The van der Waals surface area contributed by atoms with E-state index in [1.54, 1.807) is 26.2 Å². The highest BCUT2D eigenvalue weighted by Gasteiger charge is 2.58. The molecule has 1 spiro atoms. The number of aromatic nitrogens is 3. The minimum atomic E-state index is -4.74. The van der Waals surface area contributed by atoms with Gasteiger partial charge in [-0.05, 0) is 123 Å². The Balaban J connectivity index is 0.810. The van der Waals surface area contributed by atoms with Crippen molar-refractivity contribution < 1.29 is 41.8 Å². The number of ether oxygens (including phenoxy) is 3. The number of likely N-dealkylation sites (tertiary alicyclic amines) is 2. The van der Waals surface area contributed by atoms with Crippen molar-refractivity contribution in [3.63, 3.8) is 0 Å². The van der Waals surface area contributed by atoms with E-state index in [1.165, 1.54) is 35.9 Å². The first-order chi connectivity index (χ1) is 37.4. The first kappa shape index (κ1) is 53.1. The maximum Gasteiger partial charge on any atom is 0.312 e. The molecule has 6 aromatic rings. The molecule has 11 rings (SSSR count). The third-order valence-electron chi connectivity index (χ3n) is 17.5. The predicted octanol–water partition coefficient (Wildman–Crippen LogP) is 9.86. The number of fused-ring (bicyclic) bond motifs is 3. The number of carbonyl (C=O) groups excluding carboxylic acids is 1. The number of aliphatic hydroxyl groups is 1. The minimum absolute atomic E-state index is 0.0123. The number of benzene rings is 3. The van der Waals surface area contributed by atoms with Gasteiger partial charge in [-0.25, -0.2) is 22.5 Å². The van der Waals surface area contributed by atoms with Crippen LogP contribution in [0.25, 0.3) is 11.0 Å². The molecule has 1 amide bonds. The number of nitrogens with zero attached hydrogens (tertiary/aromatic N) is 6. The summed E-state index contributed by atoms with van der Waals surface area (Å²) < 4.78 is 62.2. The highest BCUT2D eigenvalue weighted by atomic mass is 32.2. The summed E-state index contributed by atoms with van der Waals surface area (Å²) in [6, 6.07) is 26.2. The third kappa shape index (κ3) is 10.5. The van der Waals surface area contributed by atoms with Crippen LogP contribution in [0.3, 0.4) is 0 Å². The summed E-state index contributed by atoms with van der Waals surface area (Å²) in [5.74, 6) is -0.478. The van der Waals surface area contributed by atoms with Gasteiger partial charge in [0.2, 0.25) is 5.82 Å². The second kappa shape index (κ2) is 21.1. The van der Waals surface area contributed by atoms with Crippen molar-refractivity contribution >= 4 is 44.2 Å². The number of amides is 1. The number of halogens is 1. The molecule has 0 unspecified atom stereocenters. The van der Waals surface area contributed by atoms with Gasteiger partial charge in [-0.1, -0.05) is 50.2 Å². The lowest BCUT2D eigenvalue weighted by molar-refractivity contribution is -0.384. The zero-order chi connectivity index (χ0) is 54.7. The number of nitrogens with one attached hydrogen (secondary N) is 3. The van der Waals surface area contributed by atoms with Gasteiger partial charge in [0.1, 0.15) is 27.9 Å². The average Bonchev–Trinajstić information content (AvgIpc) is 4.26. The molecule has 412 valence electrons. The van der Waals surface area contributed by atoms with Crippen LogP contribution < -0.4 is 29.1 Å². The Hall–Kier alpha value is -6.87. The Kier molecular flexibility index (Phi) is 14.4. The number of hydrogen-bond acceptors (Lipinski definition) is 15. The third-order valence-corrected chi connectivity index (χ3v) is 18.8. The second-order valence-corrected chi connectivity index (χ2v) is 24.5. The van der Waals surface area contributed by atoms with Crippen molar-refractivity contribution in [2.24, 2.45) is 11.3 Å². The number of sulfonamides is 1. The summed E-state index contributed by atoms with van der Waals surface area (Å²) in [4.78, 5) is 44.2. The number of rotatable bonds is 17. The van der Waals surface area contributed by atoms with E-state index < -0.39 is 42.9 Å². The first-order valence-electron chi connectivity index (χ1n) is 27.1. The van der Waals surface area contributed by atoms with Crippen molar-refractivity contribution in [1.29, 1.82) is 0 Å². The van der Waals surface area contributed by atoms with E-state index in [4.69, 9.17) is 14.2 Å². The number of aromatic amines is 1. The topological polar surface area (TPSA) is 218 Å². The van der Waals surface area contributed by atoms with E-state index >= 15 is 0 Å². The summed E-state index contributed by atoms with van der Waals surface area (Å²) in [6.07, 6.45) is 9.99. The Morgan fingerprint density at radius 2 is 1.72 bits per heavy atom. The first-order valence-corrected chi connectivity index (χ1v) is 28.6. The van der Waals surface area contributed by atoms with Crippen molar-refractivity contribution in [2.45, 2.75) is 126 Å². The van der Waals surface area contributed by atoms with Crippen LogP contribution in [0.15, 0.2) is 96.2 Å². The van der Waals surface area contributed by atoms with Crippen LogP contribution in [0.2, 0.25) is 0 Å². The number of methoxy groups -OCH3 is 2. The van der Waals surface area contributed by atoms with Crippen LogP contribution in [0, 0.1) is 27.3 Å². The summed E-state index contributed by atoms with van der Waals surface area (Å²) in [5, 5.41) is 25.7. The van der Waals surface area contributed by atoms with Crippen molar-refractivity contribution in [1.82, 2.24) is 29.5 Å². The molecule has 3 saturated heterocycles. The fourth-order valence-corrected chi connectivity index (χ4v) is 14.1. The van der Waals surface area contributed by atoms with Gasteiger partial charge in [-0.15, -0.1) is 0 Å². The zero-order valence-electron chi connectivity index (χ0n) is 44.7. The fraction of sp³-hybridized carbons (Fsp3) is 0.466. The molecule has 78 heavy (non-hydrogen) atoms. The summed E-state index contributed by atoms with van der Waals surface area (Å²) in [6.45, 7) is 10.1. The SMILES string of the molecule is COc1ccc(CN2C[C@H]3C[C@@H]2[C@@H](c2ccccc2C(C)C)N3C2CC3(CCN(c4ccc(C(=O)NS(=O)(=O)c5cnc(NCC6CCC(C)(O)CC6)c([N+](=O)[O-])c5)c(Oc5cc6c(F)c[nH]c6nc5OC)c4)CC3)C2)cc1. The summed E-state index contributed by atoms with van der Waals surface area (Å²) in [7, 11) is -1.67. The number of hydrogen-bond donors (Lipinski definition) is 4.